The monoisotopic (exact) mass is 268 g/mol. The van der Waals surface area contributed by atoms with E-state index >= 15 is 0 Å². The van der Waals surface area contributed by atoms with E-state index in [0.29, 0.717) is 24.3 Å². The topological polar surface area (TPSA) is 36.9 Å². The van der Waals surface area contributed by atoms with Gasteiger partial charge < -0.3 is 4.90 Å². The summed E-state index contributed by atoms with van der Waals surface area (Å²) in [7, 11) is 0. The molecule has 0 saturated heterocycles. The summed E-state index contributed by atoms with van der Waals surface area (Å²) in [5.41, 5.74) is 0. The summed E-state index contributed by atoms with van der Waals surface area (Å²) in [5.74, 6) is 0.247. The average molecular weight is 268 g/mol. The van der Waals surface area contributed by atoms with Crippen molar-refractivity contribution < 1.29 is 13.2 Å². The van der Waals surface area contributed by atoms with Crippen molar-refractivity contribution in [2.24, 2.45) is 0 Å². The minimum Gasteiger partial charge on any atom is -0.332 e. The minimum atomic E-state index is -4.25. The van der Waals surface area contributed by atoms with Crippen LogP contribution in [0, 0.1) is 4.77 Å². The molecule has 0 saturated carbocycles. The molecule has 0 amide bonds. The molecule has 0 bridgehead atoms. The van der Waals surface area contributed by atoms with Crippen LogP contribution in [0.2, 0.25) is 0 Å². The zero-order chi connectivity index (χ0) is 13.1. The quantitative estimate of drug-likeness (QED) is 0.834. The number of halogens is 3. The SMILES string of the molecule is CCCN(CC(F)(F)F)c1n[nH]c(=S)n1CC. The van der Waals surface area contributed by atoms with E-state index in [0.717, 1.165) is 0 Å². The van der Waals surface area contributed by atoms with E-state index in [1.54, 1.807) is 4.57 Å². The van der Waals surface area contributed by atoms with Gasteiger partial charge in [-0.05, 0) is 25.6 Å². The zero-order valence-electron chi connectivity index (χ0n) is 9.71. The highest BCUT2D eigenvalue weighted by molar-refractivity contribution is 7.71. The van der Waals surface area contributed by atoms with Gasteiger partial charge in [-0.15, -0.1) is 5.10 Å². The van der Waals surface area contributed by atoms with E-state index < -0.39 is 12.7 Å². The molecule has 0 aliphatic heterocycles. The highest BCUT2D eigenvalue weighted by Gasteiger charge is 2.32. The van der Waals surface area contributed by atoms with Gasteiger partial charge in [0.25, 0.3) is 0 Å². The number of hydrogen-bond acceptors (Lipinski definition) is 3. The number of alkyl halides is 3. The Morgan fingerprint density at radius 2 is 2.06 bits per heavy atom. The fourth-order valence-corrected chi connectivity index (χ4v) is 1.83. The summed E-state index contributed by atoms with van der Waals surface area (Å²) in [6.45, 7) is 3.40. The Hall–Kier alpha value is -1.05. The van der Waals surface area contributed by atoms with Crippen LogP contribution in [0.1, 0.15) is 20.3 Å². The molecule has 0 atom stereocenters. The van der Waals surface area contributed by atoms with E-state index in [9.17, 15) is 13.2 Å². The van der Waals surface area contributed by atoms with Crippen LogP contribution in [-0.4, -0.2) is 34.0 Å². The Morgan fingerprint density at radius 3 is 2.53 bits per heavy atom. The van der Waals surface area contributed by atoms with Crippen LogP contribution in [0.15, 0.2) is 0 Å². The largest absolute Gasteiger partial charge is 0.406 e. The molecule has 8 heteroatoms. The number of aromatic amines is 1. The lowest BCUT2D eigenvalue weighted by Crippen LogP contribution is -2.36. The third-order valence-electron chi connectivity index (χ3n) is 2.20. The Labute approximate surface area is 102 Å². The number of H-pyrrole nitrogens is 1. The van der Waals surface area contributed by atoms with E-state index in [4.69, 9.17) is 12.2 Å². The number of anilines is 1. The molecule has 0 fully saturated rings. The molecule has 0 radical (unpaired) electrons. The first-order valence-electron chi connectivity index (χ1n) is 5.36. The predicted octanol–water partition coefficient (Wildman–Crippen LogP) is 2.74. The van der Waals surface area contributed by atoms with Crippen molar-refractivity contribution in [3.8, 4) is 0 Å². The smallest absolute Gasteiger partial charge is 0.332 e. The van der Waals surface area contributed by atoms with E-state index in [1.165, 1.54) is 4.90 Å². The normalized spacial score (nSPS) is 11.8. The van der Waals surface area contributed by atoms with Crippen molar-refractivity contribution in [1.82, 2.24) is 14.8 Å². The van der Waals surface area contributed by atoms with Crippen LogP contribution in [0.4, 0.5) is 19.1 Å². The molecule has 17 heavy (non-hydrogen) atoms. The average Bonchev–Trinajstić information content (AvgIpc) is 2.56. The molecule has 0 unspecified atom stereocenters. The second-order valence-corrected chi connectivity index (χ2v) is 4.00. The number of nitrogens with one attached hydrogen (secondary N) is 1. The Balaban J connectivity index is 3.01. The minimum absolute atomic E-state index is 0.247. The zero-order valence-corrected chi connectivity index (χ0v) is 10.5. The van der Waals surface area contributed by atoms with Crippen LogP contribution in [-0.2, 0) is 6.54 Å². The van der Waals surface area contributed by atoms with Crippen molar-refractivity contribution >= 4 is 18.2 Å². The van der Waals surface area contributed by atoms with E-state index in [-0.39, 0.29) is 5.95 Å². The molecule has 0 spiro atoms. The highest BCUT2D eigenvalue weighted by Crippen LogP contribution is 2.21. The number of rotatable bonds is 5. The van der Waals surface area contributed by atoms with Gasteiger partial charge in [-0.1, -0.05) is 6.92 Å². The third kappa shape index (κ3) is 3.72. The molecule has 1 aromatic rings. The van der Waals surface area contributed by atoms with Gasteiger partial charge in [0.05, 0.1) is 0 Å². The standard InChI is InChI=1S/C9H15F3N4S/c1-3-5-15(6-9(10,11)12)7-13-14-8(17)16(7)4-2/h3-6H2,1-2H3,(H,14,17). The molecule has 1 aromatic heterocycles. The maximum Gasteiger partial charge on any atom is 0.406 e. The maximum atomic E-state index is 12.4. The Morgan fingerprint density at radius 1 is 1.41 bits per heavy atom. The molecule has 0 aromatic carbocycles. The van der Waals surface area contributed by atoms with Gasteiger partial charge in [0.2, 0.25) is 5.95 Å². The van der Waals surface area contributed by atoms with Gasteiger partial charge in [-0.25, -0.2) is 5.10 Å². The molecular formula is C9H15F3N4S. The first-order chi connectivity index (χ1) is 7.89. The van der Waals surface area contributed by atoms with Crippen molar-refractivity contribution in [1.29, 1.82) is 0 Å². The predicted molar refractivity (Wildman–Crippen MR) is 61.6 cm³/mol. The van der Waals surface area contributed by atoms with Gasteiger partial charge >= 0.3 is 6.18 Å². The van der Waals surface area contributed by atoms with E-state index in [2.05, 4.69) is 10.2 Å². The summed E-state index contributed by atoms with van der Waals surface area (Å²) in [6.07, 6.45) is -3.64. The van der Waals surface area contributed by atoms with E-state index in [1.807, 2.05) is 13.8 Å². The summed E-state index contributed by atoms with van der Waals surface area (Å²) < 4.78 is 39.2. The summed E-state index contributed by atoms with van der Waals surface area (Å²) in [4.78, 5) is 1.19. The van der Waals surface area contributed by atoms with Crippen LogP contribution in [0.25, 0.3) is 0 Å². The fourth-order valence-electron chi connectivity index (χ4n) is 1.57. The summed E-state index contributed by atoms with van der Waals surface area (Å²) in [6, 6.07) is 0. The summed E-state index contributed by atoms with van der Waals surface area (Å²) >= 11 is 4.95. The second kappa shape index (κ2) is 5.52. The van der Waals surface area contributed by atoms with Crippen molar-refractivity contribution in [3.05, 3.63) is 4.77 Å². The molecular weight excluding hydrogens is 253 g/mol. The maximum absolute atomic E-state index is 12.4. The van der Waals surface area contributed by atoms with Crippen LogP contribution in [0.5, 0.6) is 0 Å². The first-order valence-corrected chi connectivity index (χ1v) is 5.76. The molecule has 1 heterocycles. The lowest BCUT2D eigenvalue weighted by Gasteiger charge is -2.24. The van der Waals surface area contributed by atoms with Crippen LogP contribution < -0.4 is 4.90 Å². The highest BCUT2D eigenvalue weighted by atomic mass is 32.1. The van der Waals surface area contributed by atoms with Gasteiger partial charge in [-0.3, -0.25) is 4.57 Å². The lowest BCUT2D eigenvalue weighted by atomic mass is 10.4. The van der Waals surface area contributed by atoms with Crippen LogP contribution in [0.3, 0.4) is 0 Å². The van der Waals surface area contributed by atoms with Crippen molar-refractivity contribution in [2.75, 3.05) is 18.0 Å². The number of aromatic nitrogens is 3. The molecule has 1 rings (SSSR count). The number of hydrogen-bond donors (Lipinski definition) is 1. The van der Waals surface area contributed by atoms with Crippen LogP contribution >= 0.6 is 12.2 Å². The lowest BCUT2D eigenvalue weighted by molar-refractivity contribution is -0.119. The molecule has 4 nitrogen and oxygen atoms in total. The third-order valence-corrected chi connectivity index (χ3v) is 2.51. The van der Waals surface area contributed by atoms with Gasteiger partial charge in [0.1, 0.15) is 6.54 Å². The fraction of sp³-hybridized carbons (Fsp3) is 0.778. The second-order valence-electron chi connectivity index (χ2n) is 3.61. The first kappa shape index (κ1) is 14.0. The Kier molecular flexibility index (Phi) is 4.55. The molecule has 1 N–H and O–H groups in total. The number of nitrogens with zero attached hydrogens (tertiary/aromatic N) is 3. The Bertz CT molecular complexity index is 409. The molecule has 0 aliphatic rings. The summed E-state index contributed by atoms with van der Waals surface area (Å²) in [5, 5.41) is 6.38. The van der Waals surface area contributed by atoms with Gasteiger partial charge in [-0.2, -0.15) is 13.2 Å². The van der Waals surface area contributed by atoms with Crippen molar-refractivity contribution in [3.63, 3.8) is 0 Å². The molecule has 0 aliphatic carbocycles. The van der Waals surface area contributed by atoms with Gasteiger partial charge in [0.15, 0.2) is 4.77 Å². The van der Waals surface area contributed by atoms with Crippen molar-refractivity contribution in [2.45, 2.75) is 33.0 Å². The molecule has 98 valence electrons. The van der Waals surface area contributed by atoms with Gasteiger partial charge in [0, 0.05) is 13.1 Å².